The zero-order valence-corrected chi connectivity index (χ0v) is 25.5. The number of carbonyl (C=O) groups excluding carboxylic acids is 2. The number of hydrogen-bond acceptors (Lipinski definition) is 6. The molecule has 0 spiro atoms. The predicted octanol–water partition coefficient (Wildman–Crippen LogP) is 7.49. The van der Waals surface area contributed by atoms with Crippen LogP contribution < -0.4 is 0 Å². The Bertz CT molecular complexity index is 1060. The van der Waals surface area contributed by atoms with Crippen LogP contribution in [0.25, 0.3) is 0 Å². The number of carboxylic acids is 1. The highest BCUT2D eigenvalue weighted by Gasteiger charge is 2.28. The van der Waals surface area contributed by atoms with Crippen LogP contribution in [0, 0.1) is 23.7 Å². The van der Waals surface area contributed by atoms with Gasteiger partial charge in [0.05, 0.1) is 18.3 Å². The first-order valence-electron chi connectivity index (χ1n) is 16.2. The number of carboxylic acid groups (broad SMARTS) is 1. The Kier molecular flexibility index (Phi) is 15.9. The molecule has 236 valence electrons. The molecule has 2 N–H and O–H groups in total. The van der Waals surface area contributed by atoms with Gasteiger partial charge in [0.25, 0.3) is 0 Å². The SMILES string of the molecule is O=C(O)C[C@H](CC1CCCCC1)C(=O)OCc1ccccc1.O=C(OCc1ccccc1)[C@H](CCO)CC1CCCCC1. The van der Waals surface area contributed by atoms with E-state index in [1.54, 1.807) is 0 Å². The molecule has 2 fully saturated rings. The molecule has 43 heavy (non-hydrogen) atoms. The van der Waals surface area contributed by atoms with Crippen molar-refractivity contribution in [2.75, 3.05) is 6.61 Å². The molecule has 2 saturated carbocycles. The van der Waals surface area contributed by atoms with Crippen molar-refractivity contribution in [3.8, 4) is 0 Å². The van der Waals surface area contributed by atoms with E-state index in [0.717, 1.165) is 30.4 Å². The second-order valence-corrected chi connectivity index (χ2v) is 12.2. The van der Waals surface area contributed by atoms with Crippen molar-refractivity contribution in [2.24, 2.45) is 23.7 Å². The van der Waals surface area contributed by atoms with Gasteiger partial charge < -0.3 is 19.7 Å². The second-order valence-electron chi connectivity index (χ2n) is 12.2. The van der Waals surface area contributed by atoms with Gasteiger partial charge in [-0.1, -0.05) is 125 Å². The number of ether oxygens (including phenoxy) is 2. The molecule has 0 bridgehead atoms. The molecule has 2 atom stereocenters. The molecule has 0 radical (unpaired) electrons. The van der Waals surface area contributed by atoms with Gasteiger partial charge in [0.15, 0.2) is 0 Å². The van der Waals surface area contributed by atoms with E-state index in [1.807, 2.05) is 60.7 Å². The van der Waals surface area contributed by atoms with Gasteiger partial charge in [-0.3, -0.25) is 14.4 Å². The molecule has 0 amide bonds. The van der Waals surface area contributed by atoms with Gasteiger partial charge in [0.1, 0.15) is 13.2 Å². The number of aliphatic hydroxyl groups is 1. The molecule has 0 aromatic heterocycles. The number of esters is 2. The molecule has 0 aliphatic heterocycles. The van der Waals surface area contributed by atoms with E-state index < -0.39 is 11.9 Å². The Hall–Kier alpha value is -3.19. The van der Waals surface area contributed by atoms with Crippen LogP contribution in [-0.4, -0.2) is 34.7 Å². The van der Waals surface area contributed by atoms with Crippen molar-refractivity contribution in [2.45, 2.75) is 103 Å². The number of aliphatic hydroxyl groups excluding tert-OH is 1. The molecular weight excluding hydrogens is 544 g/mol. The van der Waals surface area contributed by atoms with E-state index in [1.165, 1.54) is 51.4 Å². The van der Waals surface area contributed by atoms with Gasteiger partial charge in [0, 0.05) is 6.61 Å². The summed E-state index contributed by atoms with van der Waals surface area (Å²) in [6.07, 6.45) is 14.0. The summed E-state index contributed by atoms with van der Waals surface area (Å²) in [5, 5.41) is 18.2. The summed E-state index contributed by atoms with van der Waals surface area (Å²) in [6.45, 7) is 0.588. The predicted molar refractivity (Wildman–Crippen MR) is 166 cm³/mol. The van der Waals surface area contributed by atoms with Crippen LogP contribution in [0.3, 0.4) is 0 Å². The largest absolute Gasteiger partial charge is 0.481 e. The summed E-state index contributed by atoms with van der Waals surface area (Å²) >= 11 is 0. The van der Waals surface area contributed by atoms with Crippen molar-refractivity contribution in [1.29, 1.82) is 0 Å². The fourth-order valence-corrected chi connectivity index (χ4v) is 6.30. The summed E-state index contributed by atoms with van der Waals surface area (Å²) in [6, 6.07) is 19.2. The average Bonchev–Trinajstić information content (AvgIpc) is 3.04. The van der Waals surface area contributed by atoms with E-state index in [4.69, 9.17) is 14.6 Å². The molecule has 0 heterocycles. The molecule has 7 nitrogen and oxygen atoms in total. The lowest BCUT2D eigenvalue weighted by Gasteiger charge is -2.25. The lowest BCUT2D eigenvalue weighted by Crippen LogP contribution is -2.24. The zero-order valence-electron chi connectivity index (χ0n) is 25.5. The Morgan fingerprint density at radius 3 is 1.49 bits per heavy atom. The molecule has 0 unspecified atom stereocenters. The highest BCUT2D eigenvalue weighted by atomic mass is 16.5. The summed E-state index contributed by atoms with van der Waals surface area (Å²) in [7, 11) is 0. The van der Waals surface area contributed by atoms with Crippen molar-refractivity contribution < 1.29 is 34.1 Å². The van der Waals surface area contributed by atoms with Crippen LogP contribution in [-0.2, 0) is 37.1 Å². The van der Waals surface area contributed by atoms with Gasteiger partial charge in [-0.25, -0.2) is 0 Å². The van der Waals surface area contributed by atoms with Crippen LogP contribution in [0.5, 0.6) is 0 Å². The zero-order chi connectivity index (χ0) is 30.7. The second kappa shape index (κ2) is 19.9. The fourth-order valence-electron chi connectivity index (χ4n) is 6.30. The van der Waals surface area contributed by atoms with E-state index in [9.17, 15) is 19.5 Å². The van der Waals surface area contributed by atoms with Gasteiger partial charge in [-0.15, -0.1) is 0 Å². The average molecular weight is 595 g/mol. The lowest BCUT2D eigenvalue weighted by molar-refractivity contribution is -0.155. The monoisotopic (exact) mass is 594 g/mol. The minimum Gasteiger partial charge on any atom is -0.481 e. The van der Waals surface area contributed by atoms with Crippen LogP contribution in [0.15, 0.2) is 60.7 Å². The van der Waals surface area contributed by atoms with Crippen molar-refractivity contribution >= 4 is 17.9 Å². The van der Waals surface area contributed by atoms with Crippen molar-refractivity contribution in [3.63, 3.8) is 0 Å². The summed E-state index contributed by atoms with van der Waals surface area (Å²) in [5.74, 6) is -1.05. The number of benzene rings is 2. The highest BCUT2D eigenvalue weighted by Crippen LogP contribution is 2.32. The van der Waals surface area contributed by atoms with Gasteiger partial charge >= 0.3 is 17.9 Å². The lowest BCUT2D eigenvalue weighted by atomic mass is 9.82. The normalized spacial score (nSPS) is 17.1. The van der Waals surface area contributed by atoms with Crippen LogP contribution in [0.2, 0.25) is 0 Å². The van der Waals surface area contributed by atoms with E-state index in [-0.39, 0.29) is 37.5 Å². The maximum absolute atomic E-state index is 12.2. The maximum Gasteiger partial charge on any atom is 0.309 e. The van der Waals surface area contributed by atoms with E-state index in [2.05, 4.69) is 0 Å². The minimum atomic E-state index is -0.933. The first-order valence-corrected chi connectivity index (χ1v) is 16.2. The fraction of sp³-hybridized carbons (Fsp3) is 0.583. The topological polar surface area (TPSA) is 110 Å². The quantitative estimate of drug-likeness (QED) is 0.218. The van der Waals surface area contributed by atoms with Crippen LogP contribution in [0.4, 0.5) is 0 Å². The van der Waals surface area contributed by atoms with Gasteiger partial charge in [-0.2, -0.15) is 0 Å². The van der Waals surface area contributed by atoms with E-state index in [0.29, 0.717) is 31.3 Å². The van der Waals surface area contributed by atoms with Gasteiger partial charge in [0.2, 0.25) is 0 Å². The molecule has 2 aromatic rings. The molecule has 2 aliphatic carbocycles. The minimum absolute atomic E-state index is 0.0534. The standard InChI is InChI=1S/C18H24O4.C18H26O3/c19-17(20)12-16(11-14-7-3-1-4-8-14)18(21)22-13-15-9-5-2-6-10-15;19-12-11-17(13-15-7-3-1-4-8-15)18(20)21-14-16-9-5-2-6-10-16/h2,5-6,9-10,14,16H,1,3-4,7-8,11-13H2,(H,19,20);2,5-6,9-10,15,17,19H,1,3-4,7-8,11-14H2/t16-;17-/m01/s1. The van der Waals surface area contributed by atoms with E-state index >= 15 is 0 Å². The molecule has 7 heteroatoms. The summed E-state index contributed by atoms with van der Waals surface area (Å²) < 4.78 is 10.8. The third-order valence-corrected chi connectivity index (χ3v) is 8.70. The Balaban J connectivity index is 0.000000236. The number of aliphatic carboxylic acids is 1. The molecule has 2 aromatic carbocycles. The third-order valence-electron chi connectivity index (χ3n) is 8.70. The van der Waals surface area contributed by atoms with Crippen LogP contribution in [0.1, 0.15) is 101 Å². The first-order chi connectivity index (χ1) is 20.9. The highest BCUT2D eigenvalue weighted by molar-refractivity contribution is 5.79. The molecular formula is C36H50O7. The smallest absolute Gasteiger partial charge is 0.309 e. The molecule has 0 saturated heterocycles. The molecule has 2 aliphatic rings. The Morgan fingerprint density at radius 2 is 1.07 bits per heavy atom. The number of rotatable bonds is 14. The Morgan fingerprint density at radius 1 is 0.651 bits per heavy atom. The first kappa shape index (κ1) is 34.3. The third kappa shape index (κ3) is 13.8. The molecule has 4 rings (SSSR count). The van der Waals surface area contributed by atoms with Gasteiger partial charge in [-0.05, 0) is 42.2 Å². The van der Waals surface area contributed by atoms with Crippen molar-refractivity contribution in [3.05, 3.63) is 71.8 Å². The number of carbonyl (C=O) groups is 3. The summed E-state index contributed by atoms with van der Waals surface area (Å²) in [4.78, 5) is 35.5. The summed E-state index contributed by atoms with van der Waals surface area (Å²) in [5.41, 5.74) is 1.92. The Labute approximate surface area is 257 Å². The number of hydrogen-bond donors (Lipinski definition) is 2. The van der Waals surface area contributed by atoms with Crippen molar-refractivity contribution in [1.82, 2.24) is 0 Å². The maximum atomic E-state index is 12.2. The van der Waals surface area contributed by atoms with Crippen LogP contribution >= 0.6 is 0 Å².